The van der Waals surface area contributed by atoms with Crippen molar-refractivity contribution in [3.63, 3.8) is 0 Å². The summed E-state index contributed by atoms with van der Waals surface area (Å²) in [5.74, 6) is 0.0115. The van der Waals surface area contributed by atoms with Crippen LogP contribution in [0.4, 0.5) is 0 Å². The topological polar surface area (TPSA) is 94.8 Å². The molecule has 5 nitrogen and oxygen atoms in total. The van der Waals surface area contributed by atoms with Crippen molar-refractivity contribution in [3.8, 4) is 0 Å². The number of aliphatic carboxylic acids is 1. The molecule has 0 radical (unpaired) electrons. The lowest BCUT2D eigenvalue weighted by molar-refractivity contribution is -0.147. The fourth-order valence-electron chi connectivity index (χ4n) is 7.61. The molecule has 8 atom stereocenters. The normalized spacial score (nSPS) is 46.0. The van der Waals surface area contributed by atoms with Crippen LogP contribution in [0.5, 0.6) is 0 Å². The Labute approximate surface area is 167 Å². The second-order valence-electron chi connectivity index (χ2n) is 10.3. The molecule has 0 bridgehead atoms. The smallest absolute Gasteiger partial charge is 0.306 e. The van der Waals surface area contributed by atoms with Crippen molar-refractivity contribution in [2.75, 3.05) is 0 Å². The third-order valence-electron chi connectivity index (χ3n) is 9.12. The Morgan fingerprint density at radius 1 is 1.14 bits per heavy atom. The lowest BCUT2D eigenvalue weighted by Gasteiger charge is -2.58. The molecule has 0 saturated heterocycles. The molecule has 0 aromatic rings. The van der Waals surface area contributed by atoms with E-state index in [1.54, 1.807) is 0 Å². The Balaban J connectivity index is 1.57. The van der Waals surface area contributed by atoms with Gasteiger partial charge in [0.2, 0.25) is 0 Å². The van der Waals surface area contributed by atoms with E-state index in [1.165, 1.54) is 5.57 Å². The third kappa shape index (κ3) is 2.97. The van der Waals surface area contributed by atoms with E-state index in [4.69, 9.17) is 5.11 Å². The SMILES string of the molecule is C[C@]12CC[C@H]3[C@@H](CC=C4CC(O)CC[C@@]43C)[C@@H]1CC[C@@H]2C(=O)C(O)CC(=O)O. The fraction of sp³-hybridized carbons (Fsp3) is 0.826. The summed E-state index contributed by atoms with van der Waals surface area (Å²) in [5, 5.41) is 29.2. The van der Waals surface area contributed by atoms with Crippen molar-refractivity contribution in [1.82, 2.24) is 0 Å². The van der Waals surface area contributed by atoms with Gasteiger partial charge < -0.3 is 15.3 Å². The minimum Gasteiger partial charge on any atom is -0.481 e. The summed E-state index contributed by atoms with van der Waals surface area (Å²) in [7, 11) is 0. The number of carbonyl (C=O) groups is 2. The first kappa shape index (κ1) is 20.1. The maximum Gasteiger partial charge on any atom is 0.306 e. The number of carboxylic acids is 1. The zero-order valence-electron chi connectivity index (χ0n) is 17.1. The second kappa shape index (κ2) is 6.94. The summed E-state index contributed by atoms with van der Waals surface area (Å²) < 4.78 is 0. The molecule has 3 N–H and O–H groups in total. The van der Waals surface area contributed by atoms with Crippen molar-refractivity contribution in [1.29, 1.82) is 0 Å². The molecule has 5 heteroatoms. The molecular weight excluding hydrogens is 356 g/mol. The van der Waals surface area contributed by atoms with Gasteiger partial charge in [-0.3, -0.25) is 9.59 Å². The van der Waals surface area contributed by atoms with E-state index in [0.29, 0.717) is 17.8 Å². The van der Waals surface area contributed by atoms with E-state index >= 15 is 0 Å². The molecular formula is C23H34O5. The number of carboxylic acid groups (broad SMARTS) is 1. The molecule has 3 fully saturated rings. The zero-order valence-corrected chi connectivity index (χ0v) is 17.1. The second-order valence-corrected chi connectivity index (χ2v) is 10.3. The molecule has 156 valence electrons. The van der Waals surface area contributed by atoms with Crippen LogP contribution in [0.1, 0.15) is 71.6 Å². The maximum atomic E-state index is 12.9. The number of aliphatic hydroxyl groups excluding tert-OH is 2. The van der Waals surface area contributed by atoms with Crippen LogP contribution in [-0.2, 0) is 9.59 Å². The Kier molecular flexibility index (Phi) is 4.98. The van der Waals surface area contributed by atoms with Gasteiger partial charge in [-0.2, -0.15) is 0 Å². The van der Waals surface area contributed by atoms with Gasteiger partial charge in [0, 0.05) is 5.92 Å². The van der Waals surface area contributed by atoms with Gasteiger partial charge in [-0.05, 0) is 80.0 Å². The van der Waals surface area contributed by atoms with Crippen LogP contribution < -0.4 is 0 Å². The van der Waals surface area contributed by atoms with Gasteiger partial charge in [-0.1, -0.05) is 25.5 Å². The highest BCUT2D eigenvalue weighted by Crippen LogP contribution is 2.66. The van der Waals surface area contributed by atoms with Crippen LogP contribution in [0.15, 0.2) is 11.6 Å². The molecule has 0 spiro atoms. The Morgan fingerprint density at radius 3 is 2.61 bits per heavy atom. The van der Waals surface area contributed by atoms with Gasteiger partial charge in [0.05, 0.1) is 12.5 Å². The molecule has 3 saturated carbocycles. The number of rotatable bonds is 4. The summed E-state index contributed by atoms with van der Waals surface area (Å²) in [6.45, 7) is 4.60. The summed E-state index contributed by atoms with van der Waals surface area (Å²) in [6.07, 6.45) is 7.89. The van der Waals surface area contributed by atoms with Gasteiger partial charge in [-0.15, -0.1) is 0 Å². The number of aliphatic hydroxyl groups is 2. The van der Waals surface area contributed by atoms with E-state index in [-0.39, 0.29) is 28.6 Å². The molecule has 0 aromatic heterocycles. The quantitative estimate of drug-likeness (QED) is 0.640. The van der Waals surface area contributed by atoms with Gasteiger partial charge in [0.15, 0.2) is 5.78 Å². The minimum atomic E-state index is -1.38. The van der Waals surface area contributed by atoms with E-state index in [1.807, 2.05) is 0 Å². The Morgan fingerprint density at radius 2 is 1.89 bits per heavy atom. The highest BCUT2D eigenvalue weighted by Gasteiger charge is 2.60. The van der Waals surface area contributed by atoms with E-state index < -0.39 is 18.5 Å². The fourth-order valence-corrected chi connectivity index (χ4v) is 7.61. The van der Waals surface area contributed by atoms with Gasteiger partial charge in [-0.25, -0.2) is 0 Å². The van der Waals surface area contributed by atoms with Crippen molar-refractivity contribution < 1.29 is 24.9 Å². The Bertz CT molecular complexity index is 699. The first-order valence-corrected chi connectivity index (χ1v) is 11.0. The van der Waals surface area contributed by atoms with Gasteiger partial charge in [0.1, 0.15) is 6.10 Å². The van der Waals surface area contributed by atoms with Crippen molar-refractivity contribution in [2.45, 2.75) is 83.8 Å². The molecule has 28 heavy (non-hydrogen) atoms. The van der Waals surface area contributed by atoms with E-state index in [9.17, 15) is 19.8 Å². The lowest BCUT2D eigenvalue weighted by atomic mass is 9.47. The number of hydrogen-bond donors (Lipinski definition) is 3. The summed E-state index contributed by atoms with van der Waals surface area (Å²) >= 11 is 0. The monoisotopic (exact) mass is 390 g/mol. The van der Waals surface area contributed by atoms with Crippen molar-refractivity contribution >= 4 is 11.8 Å². The molecule has 4 aliphatic carbocycles. The van der Waals surface area contributed by atoms with Crippen LogP contribution in [-0.4, -0.2) is 39.3 Å². The zero-order chi connectivity index (χ0) is 20.3. The lowest BCUT2D eigenvalue weighted by Crippen LogP contribution is -2.51. The Hall–Kier alpha value is -1.20. The van der Waals surface area contributed by atoms with Crippen LogP contribution in [0.2, 0.25) is 0 Å². The summed E-state index contributed by atoms with van der Waals surface area (Å²) in [6, 6.07) is 0. The number of allylic oxidation sites excluding steroid dienone is 1. The molecule has 0 aliphatic heterocycles. The average molecular weight is 391 g/mol. The van der Waals surface area contributed by atoms with Gasteiger partial charge >= 0.3 is 5.97 Å². The van der Waals surface area contributed by atoms with Crippen LogP contribution >= 0.6 is 0 Å². The number of Topliss-reactive ketones (excluding diaryl/α,β-unsaturated/α-hetero) is 1. The van der Waals surface area contributed by atoms with Crippen LogP contribution in [0.25, 0.3) is 0 Å². The standard InChI is InChI=1S/C23H34O5/c1-22-9-7-14(24)11-13(22)3-4-15-16-5-6-18(21(28)19(25)12-20(26)27)23(16,2)10-8-17(15)22/h3,14-19,24-25H,4-12H2,1-2H3,(H,26,27)/t14?,15-,16-,17-,18+,19?,22-,23-/m0/s1. The van der Waals surface area contributed by atoms with Crippen molar-refractivity contribution in [2.24, 2.45) is 34.5 Å². The predicted octanol–water partition coefficient (Wildman–Crippen LogP) is 3.33. The summed E-state index contributed by atoms with van der Waals surface area (Å²) in [5.41, 5.74) is 1.49. The minimum absolute atomic E-state index is 0.131. The van der Waals surface area contributed by atoms with Crippen LogP contribution in [0, 0.1) is 34.5 Å². The number of hydrogen-bond acceptors (Lipinski definition) is 4. The first-order chi connectivity index (χ1) is 13.2. The maximum absolute atomic E-state index is 12.9. The largest absolute Gasteiger partial charge is 0.481 e. The first-order valence-electron chi connectivity index (χ1n) is 11.0. The third-order valence-corrected chi connectivity index (χ3v) is 9.12. The van der Waals surface area contributed by atoms with Crippen molar-refractivity contribution in [3.05, 3.63) is 11.6 Å². The van der Waals surface area contributed by atoms with E-state index in [0.717, 1.165) is 51.4 Å². The van der Waals surface area contributed by atoms with E-state index in [2.05, 4.69) is 19.9 Å². The molecule has 0 heterocycles. The average Bonchev–Trinajstić information content (AvgIpc) is 2.98. The number of carbonyl (C=O) groups excluding carboxylic acids is 1. The highest BCUT2D eigenvalue weighted by molar-refractivity contribution is 5.89. The highest BCUT2D eigenvalue weighted by atomic mass is 16.4. The predicted molar refractivity (Wildman–Crippen MR) is 104 cm³/mol. The number of ketones is 1. The molecule has 4 rings (SSSR count). The number of fused-ring (bicyclic) bond motifs is 5. The molecule has 0 aromatic carbocycles. The van der Waals surface area contributed by atoms with Crippen LogP contribution in [0.3, 0.4) is 0 Å². The molecule has 0 amide bonds. The van der Waals surface area contributed by atoms with Gasteiger partial charge in [0.25, 0.3) is 0 Å². The molecule has 2 unspecified atom stereocenters. The summed E-state index contributed by atoms with van der Waals surface area (Å²) in [4.78, 5) is 23.8. The molecule has 4 aliphatic rings.